The maximum atomic E-state index is 9.72. The Morgan fingerprint density at radius 1 is 1.05 bits per heavy atom. The van der Waals surface area contributed by atoms with Crippen LogP contribution in [0.4, 0.5) is 0 Å². The minimum atomic E-state index is 0.0269. The molecule has 0 saturated heterocycles. The lowest BCUT2D eigenvalue weighted by Gasteiger charge is -2.18. The van der Waals surface area contributed by atoms with Crippen molar-refractivity contribution in [2.24, 2.45) is 0 Å². The molecule has 2 aromatic rings. The predicted octanol–water partition coefficient (Wildman–Crippen LogP) is 3.41. The van der Waals surface area contributed by atoms with Crippen LogP contribution in [-0.2, 0) is 6.42 Å². The molecule has 0 spiro atoms. The highest BCUT2D eigenvalue weighted by Gasteiger charge is 2.15. The van der Waals surface area contributed by atoms with E-state index < -0.39 is 0 Å². The SMILES string of the molecule is CCOc1ccc(CC(CO)c2ccccc2OC)cc1. The molecule has 3 nitrogen and oxygen atoms in total. The summed E-state index contributed by atoms with van der Waals surface area (Å²) in [4.78, 5) is 0. The van der Waals surface area contributed by atoms with E-state index in [1.54, 1.807) is 7.11 Å². The second-order valence-corrected chi connectivity index (χ2v) is 4.90. The largest absolute Gasteiger partial charge is 0.496 e. The van der Waals surface area contributed by atoms with Crippen molar-refractivity contribution in [3.05, 3.63) is 59.7 Å². The van der Waals surface area contributed by atoms with Gasteiger partial charge in [-0.15, -0.1) is 0 Å². The summed E-state index contributed by atoms with van der Waals surface area (Å²) in [5, 5.41) is 9.72. The summed E-state index contributed by atoms with van der Waals surface area (Å²) in [6.45, 7) is 2.73. The summed E-state index contributed by atoms with van der Waals surface area (Å²) in [5.41, 5.74) is 2.21. The van der Waals surface area contributed by atoms with Crippen molar-refractivity contribution in [3.8, 4) is 11.5 Å². The first-order valence-corrected chi connectivity index (χ1v) is 7.24. The van der Waals surface area contributed by atoms with Crippen LogP contribution in [0.1, 0.15) is 24.0 Å². The van der Waals surface area contributed by atoms with Crippen molar-refractivity contribution in [1.29, 1.82) is 0 Å². The number of hydrogen-bond acceptors (Lipinski definition) is 3. The predicted molar refractivity (Wildman–Crippen MR) is 84.1 cm³/mol. The first-order valence-electron chi connectivity index (χ1n) is 7.24. The van der Waals surface area contributed by atoms with Crippen molar-refractivity contribution in [3.63, 3.8) is 0 Å². The zero-order valence-corrected chi connectivity index (χ0v) is 12.6. The summed E-state index contributed by atoms with van der Waals surface area (Å²) in [6.07, 6.45) is 0.767. The van der Waals surface area contributed by atoms with Crippen molar-refractivity contribution < 1.29 is 14.6 Å². The van der Waals surface area contributed by atoms with Gasteiger partial charge in [-0.1, -0.05) is 30.3 Å². The molecule has 1 atom stereocenters. The summed E-state index contributed by atoms with van der Waals surface area (Å²) < 4.78 is 10.8. The van der Waals surface area contributed by atoms with E-state index in [0.29, 0.717) is 6.61 Å². The number of para-hydroxylation sites is 1. The van der Waals surface area contributed by atoms with E-state index in [2.05, 4.69) is 0 Å². The highest BCUT2D eigenvalue weighted by Crippen LogP contribution is 2.29. The maximum Gasteiger partial charge on any atom is 0.122 e. The molecule has 2 aromatic carbocycles. The second kappa shape index (κ2) is 7.70. The van der Waals surface area contributed by atoms with Gasteiger partial charge in [0.05, 0.1) is 20.3 Å². The van der Waals surface area contributed by atoms with Gasteiger partial charge in [-0.3, -0.25) is 0 Å². The standard InChI is InChI=1S/C18H22O3/c1-3-21-16-10-8-14(9-11-16)12-15(13-19)17-6-4-5-7-18(17)20-2/h4-11,15,19H,3,12-13H2,1-2H3. The number of aliphatic hydroxyl groups is 1. The smallest absolute Gasteiger partial charge is 0.122 e. The summed E-state index contributed by atoms with van der Waals surface area (Å²) in [6, 6.07) is 15.9. The van der Waals surface area contributed by atoms with Gasteiger partial charge in [0, 0.05) is 5.92 Å². The lowest BCUT2D eigenvalue weighted by molar-refractivity contribution is 0.261. The van der Waals surface area contributed by atoms with Gasteiger partial charge in [-0.2, -0.15) is 0 Å². The van der Waals surface area contributed by atoms with Crippen molar-refractivity contribution in [2.45, 2.75) is 19.3 Å². The third-order valence-corrected chi connectivity index (χ3v) is 3.52. The Hall–Kier alpha value is -2.00. The quantitative estimate of drug-likeness (QED) is 0.847. The molecule has 0 aliphatic carbocycles. The Morgan fingerprint density at radius 3 is 2.38 bits per heavy atom. The first kappa shape index (κ1) is 15.4. The summed E-state index contributed by atoms with van der Waals surface area (Å²) >= 11 is 0. The molecule has 1 N–H and O–H groups in total. The molecule has 112 valence electrons. The van der Waals surface area contributed by atoms with E-state index in [0.717, 1.165) is 23.5 Å². The Morgan fingerprint density at radius 2 is 1.76 bits per heavy atom. The van der Waals surface area contributed by atoms with E-state index in [9.17, 15) is 5.11 Å². The number of hydrogen-bond donors (Lipinski definition) is 1. The highest BCUT2D eigenvalue weighted by molar-refractivity contribution is 5.38. The molecule has 3 heteroatoms. The fraction of sp³-hybridized carbons (Fsp3) is 0.333. The van der Waals surface area contributed by atoms with E-state index in [1.165, 1.54) is 5.56 Å². The van der Waals surface area contributed by atoms with Crippen molar-refractivity contribution in [1.82, 2.24) is 0 Å². The molecule has 21 heavy (non-hydrogen) atoms. The zero-order chi connectivity index (χ0) is 15.1. The van der Waals surface area contributed by atoms with Crippen LogP contribution in [0.5, 0.6) is 11.5 Å². The second-order valence-electron chi connectivity index (χ2n) is 4.90. The third kappa shape index (κ3) is 3.99. The van der Waals surface area contributed by atoms with Crippen LogP contribution in [0.25, 0.3) is 0 Å². The molecule has 0 radical (unpaired) electrons. The van der Waals surface area contributed by atoms with Crippen molar-refractivity contribution in [2.75, 3.05) is 20.3 Å². The molecule has 2 rings (SSSR count). The molecule has 0 aliphatic heterocycles. The number of benzene rings is 2. The molecular formula is C18H22O3. The molecule has 0 saturated carbocycles. The lowest BCUT2D eigenvalue weighted by Crippen LogP contribution is -2.09. The Bertz CT molecular complexity index is 549. The van der Waals surface area contributed by atoms with Crippen molar-refractivity contribution >= 4 is 0 Å². The summed E-state index contributed by atoms with van der Waals surface area (Å²) in [5.74, 6) is 1.72. The van der Waals surface area contributed by atoms with Gasteiger partial charge < -0.3 is 14.6 Å². The van der Waals surface area contributed by atoms with Gasteiger partial charge >= 0.3 is 0 Å². The fourth-order valence-electron chi connectivity index (χ4n) is 2.45. The molecule has 1 unspecified atom stereocenters. The Kier molecular flexibility index (Phi) is 5.64. The molecule has 0 amide bonds. The van der Waals surface area contributed by atoms with Crippen LogP contribution in [-0.4, -0.2) is 25.4 Å². The first-order chi connectivity index (χ1) is 10.3. The number of rotatable bonds is 7. The molecule has 0 bridgehead atoms. The molecule has 0 heterocycles. The minimum Gasteiger partial charge on any atom is -0.496 e. The van der Waals surface area contributed by atoms with Gasteiger partial charge in [-0.05, 0) is 42.7 Å². The van der Waals surface area contributed by atoms with Crippen LogP contribution < -0.4 is 9.47 Å². The van der Waals surface area contributed by atoms with Crippen LogP contribution in [0, 0.1) is 0 Å². The molecule has 0 aliphatic rings. The third-order valence-electron chi connectivity index (χ3n) is 3.52. The van der Waals surface area contributed by atoms with E-state index in [1.807, 2.05) is 55.5 Å². The van der Waals surface area contributed by atoms with Crippen LogP contribution in [0.15, 0.2) is 48.5 Å². The molecule has 0 fully saturated rings. The van der Waals surface area contributed by atoms with Gasteiger partial charge in [0.25, 0.3) is 0 Å². The Balaban J connectivity index is 2.15. The topological polar surface area (TPSA) is 38.7 Å². The average Bonchev–Trinajstić information content (AvgIpc) is 2.54. The normalized spacial score (nSPS) is 12.0. The monoisotopic (exact) mass is 286 g/mol. The lowest BCUT2D eigenvalue weighted by atomic mass is 9.92. The van der Waals surface area contributed by atoms with Gasteiger partial charge in [0.1, 0.15) is 11.5 Å². The maximum absolute atomic E-state index is 9.72. The zero-order valence-electron chi connectivity index (χ0n) is 12.6. The van der Waals surface area contributed by atoms with E-state index >= 15 is 0 Å². The van der Waals surface area contributed by atoms with Crippen LogP contribution >= 0.6 is 0 Å². The minimum absolute atomic E-state index is 0.0269. The van der Waals surface area contributed by atoms with Crippen LogP contribution in [0.2, 0.25) is 0 Å². The van der Waals surface area contributed by atoms with E-state index in [4.69, 9.17) is 9.47 Å². The number of aliphatic hydroxyl groups excluding tert-OH is 1. The van der Waals surface area contributed by atoms with Crippen LogP contribution in [0.3, 0.4) is 0 Å². The van der Waals surface area contributed by atoms with Gasteiger partial charge in [-0.25, -0.2) is 0 Å². The molecule has 0 aromatic heterocycles. The van der Waals surface area contributed by atoms with Gasteiger partial charge in [0.15, 0.2) is 0 Å². The summed E-state index contributed by atoms with van der Waals surface area (Å²) in [7, 11) is 1.66. The average molecular weight is 286 g/mol. The Labute approximate surface area is 126 Å². The molecular weight excluding hydrogens is 264 g/mol. The number of methoxy groups -OCH3 is 1. The number of ether oxygens (including phenoxy) is 2. The van der Waals surface area contributed by atoms with Gasteiger partial charge in [0.2, 0.25) is 0 Å². The van der Waals surface area contributed by atoms with E-state index in [-0.39, 0.29) is 12.5 Å². The fourth-order valence-corrected chi connectivity index (χ4v) is 2.45. The highest BCUT2D eigenvalue weighted by atomic mass is 16.5.